The summed E-state index contributed by atoms with van der Waals surface area (Å²) in [4.78, 5) is 16.9. The molecule has 0 saturated carbocycles. The van der Waals surface area contributed by atoms with Gasteiger partial charge in [-0.05, 0) is 61.8 Å². The average molecular weight is 837 g/mol. The molecule has 6 rings (SSSR count). The van der Waals surface area contributed by atoms with Crippen LogP contribution in [0, 0.1) is 23.8 Å². The van der Waals surface area contributed by atoms with Crippen molar-refractivity contribution >= 4 is 49.5 Å². The van der Waals surface area contributed by atoms with E-state index in [1.54, 1.807) is 6.26 Å². The van der Waals surface area contributed by atoms with E-state index in [9.17, 15) is 9.90 Å². The van der Waals surface area contributed by atoms with Gasteiger partial charge in [0.05, 0.1) is 11.6 Å². The number of benzene rings is 3. The van der Waals surface area contributed by atoms with Gasteiger partial charge in [-0.15, -0.1) is 29.1 Å². The fourth-order valence-electron chi connectivity index (χ4n) is 6.26. The maximum atomic E-state index is 12.2. The summed E-state index contributed by atoms with van der Waals surface area (Å²) in [6.45, 7) is 20.9. The number of ketones is 1. The van der Waals surface area contributed by atoms with E-state index in [0.717, 1.165) is 80.8 Å². The normalized spacial score (nSPS) is 12.7. The molecule has 0 spiro atoms. The summed E-state index contributed by atoms with van der Waals surface area (Å²) >= 11 is 0. The quantitative estimate of drug-likeness (QED) is 0.0939. The van der Waals surface area contributed by atoms with Gasteiger partial charge in [-0.25, -0.2) is 0 Å². The fourth-order valence-corrected chi connectivity index (χ4v) is 6.26. The van der Waals surface area contributed by atoms with Crippen LogP contribution in [0.2, 0.25) is 0 Å². The zero-order valence-electron chi connectivity index (χ0n) is 30.6. The first-order valence-electron chi connectivity index (χ1n) is 17.3. The second-order valence-electron chi connectivity index (χ2n) is 14.7. The molecule has 0 aliphatic rings. The van der Waals surface area contributed by atoms with Crippen LogP contribution in [0.25, 0.3) is 54.9 Å². The molecule has 0 atom stereocenters. The molecule has 1 radical (unpaired) electrons. The summed E-state index contributed by atoms with van der Waals surface area (Å²) in [6, 6.07) is 20.3. The fraction of sp³-hybridized carbons (Fsp3) is 0.395. The van der Waals surface area contributed by atoms with E-state index >= 15 is 0 Å². The number of carbonyl (C=O) groups excluding carboxylic acids is 1. The number of aliphatic hydroxyl groups excluding tert-OH is 1. The Bertz CT molecular complexity index is 2130. The van der Waals surface area contributed by atoms with Gasteiger partial charge in [0.25, 0.3) is 0 Å². The molecule has 3 aromatic heterocycles. The van der Waals surface area contributed by atoms with Crippen molar-refractivity contribution in [3.63, 3.8) is 0 Å². The van der Waals surface area contributed by atoms with Gasteiger partial charge in [0.1, 0.15) is 22.5 Å². The Balaban J connectivity index is 0.000000260. The number of aliphatic hydroxyl groups is 1. The standard InChI is InChI=1S/C28H22NO2.C15H28O2.Ir/c1-16-15-30-26-19(16)9-10-23-24(26)21-11-12-29-25(27(21)31-23)18-13-17-7-5-6-8-20(17)22(14-18)28(2,3)4;1-7-14(5,8-2)12(16)11-13(17)15(6,9-3)10-4;/h5-12,14-15H,1-4H3;11,16H,7-10H2,1-6H3;/q-1;;/b;12-11-;. The van der Waals surface area contributed by atoms with Gasteiger partial charge in [-0.3, -0.25) is 9.78 Å². The Morgan fingerprint density at radius 2 is 1.51 bits per heavy atom. The van der Waals surface area contributed by atoms with Gasteiger partial charge in [0.15, 0.2) is 5.78 Å². The van der Waals surface area contributed by atoms with Gasteiger partial charge in [0, 0.05) is 59.7 Å². The minimum Gasteiger partial charge on any atom is -0.512 e. The van der Waals surface area contributed by atoms with E-state index in [2.05, 4.69) is 70.2 Å². The van der Waals surface area contributed by atoms with E-state index in [1.165, 1.54) is 17.0 Å². The van der Waals surface area contributed by atoms with E-state index in [4.69, 9.17) is 13.8 Å². The van der Waals surface area contributed by atoms with Crippen LogP contribution in [0.3, 0.4) is 0 Å². The number of carbonyl (C=O) groups is 1. The molecule has 261 valence electrons. The number of pyridine rings is 1. The maximum absolute atomic E-state index is 12.2. The molecule has 5 nitrogen and oxygen atoms in total. The van der Waals surface area contributed by atoms with Crippen LogP contribution in [0.5, 0.6) is 0 Å². The van der Waals surface area contributed by atoms with E-state index in [-0.39, 0.29) is 47.9 Å². The van der Waals surface area contributed by atoms with Crippen molar-refractivity contribution in [2.24, 2.45) is 10.8 Å². The number of nitrogens with zero attached hydrogens (tertiary/aromatic N) is 1. The summed E-state index contributed by atoms with van der Waals surface area (Å²) in [5, 5.41) is 15.6. The second kappa shape index (κ2) is 14.6. The number of allylic oxidation sites excluding steroid dienone is 2. The van der Waals surface area contributed by atoms with Crippen LogP contribution >= 0.6 is 0 Å². The Hall–Kier alpha value is -3.73. The van der Waals surface area contributed by atoms with Gasteiger partial charge in [-0.1, -0.05) is 91.5 Å². The van der Waals surface area contributed by atoms with Crippen molar-refractivity contribution in [1.82, 2.24) is 4.98 Å². The van der Waals surface area contributed by atoms with Gasteiger partial charge in [-0.2, -0.15) is 0 Å². The summed E-state index contributed by atoms with van der Waals surface area (Å²) in [7, 11) is 0. The molecule has 0 saturated heterocycles. The Labute approximate surface area is 304 Å². The maximum Gasteiger partial charge on any atom is 0.164 e. The predicted molar refractivity (Wildman–Crippen MR) is 200 cm³/mol. The molecule has 49 heavy (non-hydrogen) atoms. The summed E-state index contributed by atoms with van der Waals surface area (Å²) in [5.41, 5.74) is 5.98. The summed E-state index contributed by atoms with van der Waals surface area (Å²) in [6.07, 6.45) is 8.41. The van der Waals surface area contributed by atoms with E-state index < -0.39 is 0 Å². The molecule has 3 aromatic carbocycles. The van der Waals surface area contributed by atoms with Gasteiger partial charge < -0.3 is 13.9 Å². The molecule has 0 amide bonds. The first kappa shape index (κ1) is 38.1. The predicted octanol–water partition coefficient (Wildman–Crippen LogP) is 12.6. The largest absolute Gasteiger partial charge is 0.512 e. The Morgan fingerprint density at radius 3 is 2.14 bits per heavy atom. The van der Waals surface area contributed by atoms with E-state index in [0.29, 0.717) is 0 Å². The Kier molecular flexibility index (Phi) is 11.4. The Morgan fingerprint density at radius 1 is 0.857 bits per heavy atom. The first-order valence-corrected chi connectivity index (χ1v) is 17.3. The molecule has 3 heterocycles. The molecule has 0 bridgehead atoms. The topological polar surface area (TPSA) is 76.5 Å². The van der Waals surface area contributed by atoms with Gasteiger partial charge >= 0.3 is 0 Å². The molecule has 6 aromatic rings. The molecular weight excluding hydrogens is 787 g/mol. The van der Waals surface area contributed by atoms with Crippen molar-refractivity contribution in [2.45, 2.75) is 100 Å². The zero-order valence-corrected chi connectivity index (χ0v) is 33.0. The number of furan rings is 2. The van der Waals surface area contributed by atoms with Crippen LogP contribution < -0.4 is 0 Å². The molecule has 1 N–H and O–H groups in total. The van der Waals surface area contributed by atoms with Crippen LogP contribution in [-0.2, 0) is 30.3 Å². The van der Waals surface area contributed by atoms with Crippen molar-refractivity contribution in [2.75, 3.05) is 0 Å². The van der Waals surface area contributed by atoms with Crippen LogP contribution in [-0.4, -0.2) is 15.9 Å². The smallest absolute Gasteiger partial charge is 0.164 e. The van der Waals surface area contributed by atoms with Crippen molar-refractivity contribution in [3.8, 4) is 11.3 Å². The molecule has 0 unspecified atom stereocenters. The number of rotatable bonds is 8. The van der Waals surface area contributed by atoms with Crippen LogP contribution in [0.15, 0.2) is 81.7 Å². The monoisotopic (exact) mass is 837 g/mol. The number of fused-ring (bicyclic) bond motifs is 6. The number of hydrogen-bond donors (Lipinski definition) is 1. The van der Waals surface area contributed by atoms with Crippen LogP contribution in [0.4, 0.5) is 0 Å². The van der Waals surface area contributed by atoms with Gasteiger partial charge in [0.2, 0.25) is 0 Å². The summed E-state index contributed by atoms with van der Waals surface area (Å²) < 4.78 is 12.3. The third-order valence-corrected chi connectivity index (χ3v) is 10.7. The second-order valence-corrected chi connectivity index (χ2v) is 14.7. The molecule has 0 aliphatic heterocycles. The molecular formula is C43H50IrNO4-. The number of aryl methyl sites for hydroxylation is 1. The van der Waals surface area contributed by atoms with E-state index in [1.807, 2.05) is 59.9 Å². The average Bonchev–Trinajstić information content (AvgIpc) is 3.66. The van der Waals surface area contributed by atoms with Crippen molar-refractivity contribution < 1.29 is 38.8 Å². The third kappa shape index (κ3) is 7.14. The molecule has 0 aliphatic carbocycles. The minimum atomic E-state index is -0.337. The number of aromatic nitrogens is 1. The van der Waals surface area contributed by atoms with Crippen molar-refractivity contribution in [1.29, 1.82) is 0 Å². The zero-order chi connectivity index (χ0) is 35.0. The molecule has 6 heteroatoms. The van der Waals surface area contributed by atoms with Crippen LogP contribution in [0.1, 0.15) is 99.1 Å². The minimum absolute atomic E-state index is 0. The number of hydrogen-bond acceptors (Lipinski definition) is 5. The SMILES string of the molecule is CCC(C)(CC)C(=O)/C=C(\O)C(C)(CC)CC.Cc1coc2c1ccc1oc3c(-c4[c-]c5ccccc5c(C(C)(C)C)c4)nccc3c12.[Ir]. The summed E-state index contributed by atoms with van der Waals surface area (Å²) in [5.74, 6) is 0.286. The first-order chi connectivity index (χ1) is 22.7. The third-order valence-electron chi connectivity index (χ3n) is 10.7. The molecule has 0 fully saturated rings. The van der Waals surface area contributed by atoms with Crippen molar-refractivity contribution in [3.05, 3.63) is 90.0 Å².